The number of fused-ring (bicyclic) bond motifs is 1. The van der Waals surface area contributed by atoms with Crippen LogP contribution in [-0.2, 0) is 9.53 Å². The summed E-state index contributed by atoms with van der Waals surface area (Å²) in [5.41, 5.74) is 1.15. The molecule has 0 spiro atoms. The van der Waals surface area contributed by atoms with E-state index >= 15 is 0 Å². The Labute approximate surface area is 205 Å². The number of ether oxygens (including phenoxy) is 1. The van der Waals surface area contributed by atoms with E-state index in [-0.39, 0.29) is 11.8 Å². The fourth-order valence-electron chi connectivity index (χ4n) is 4.12. The Bertz CT molecular complexity index is 1180. The molecule has 3 heterocycles. The third-order valence-corrected chi connectivity index (χ3v) is 5.69. The second kappa shape index (κ2) is 10.7. The van der Waals surface area contributed by atoms with Gasteiger partial charge in [0.05, 0.1) is 11.4 Å². The number of pyridine rings is 1. The standard InChI is InChI=1S/C26H32N6O3/c1-26(2,3)35-25(34)29-14-13-28-24(33)19-9-7-15-32(17-19)23-20-10-4-5-11-21(20)30-22(31-23)18-8-6-12-27-16-18/h4-6,8,10-12,16,19H,7,9,13-15,17H2,1-3H3,(H,28,33)(H,29,34). The summed E-state index contributed by atoms with van der Waals surface area (Å²) >= 11 is 0. The highest BCUT2D eigenvalue weighted by Crippen LogP contribution is 2.30. The first-order valence-electron chi connectivity index (χ1n) is 12.0. The lowest BCUT2D eigenvalue weighted by atomic mass is 9.96. The molecule has 1 fully saturated rings. The molecule has 0 aliphatic carbocycles. The van der Waals surface area contributed by atoms with Crippen molar-refractivity contribution in [2.24, 2.45) is 5.92 Å². The number of nitrogens with zero attached hydrogens (tertiary/aromatic N) is 4. The first-order chi connectivity index (χ1) is 16.8. The fraction of sp³-hybridized carbons (Fsp3) is 0.423. The number of para-hydroxylation sites is 1. The Kier molecular flexibility index (Phi) is 7.43. The zero-order valence-corrected chi connectivity index (χ0v) is 20.5. The summed E-state index contributed by atoms with van der Waals surface area (Å²) in [4.78, 5) is 40.7. The quantitative estimate of drug-likeness (QED) is 0.524. The van der Waals surface area contributed by atoms with Crippen molar-refractivity contribution < 1.29 is 14.3 Å². The molecule has 1 atom stereocenters. The van der Waals surface area contributed by atoms with E-state index in [0.29, 0.717) is 25.5 Å². The van der Waals surface area contributed by atoms with Gasteiger partial charge in [0.25, 0.3) is 0 Å². The number of amides is 2. The van der Waals surface area contributed by atoms with Crippen LogP contribution in [0, 0.1) is 5.92 Å². The van der Waals surface area contributed by atoms with Gasteiger partial charge in [-0.3, -0.25) is 9.78 Å². The Morgan fingerprint density at radius 2 is 1.89 bits per heavy atom. The Balaban J connectivity index is 1.43. The maximum Gasteiger partial charge on any atom is 0.407 e. The molecule has 2 N–H and O–H groups in total. The van der Waals surface area contributed by atoms with Crippen molar-refractivity contribution in [2.75, 3.05) is 31.1 Å². The van der Waals surface area contributed by atoms with Gasteiger partial charge in [-0.1, -0.05) is 12.1 Å². The summed E-state index contributed by atoms with van der Waals surface area (Å²) in [6.07, 6.45) is 4.68. The molecule has 3 aromatic rings. The van der Waals surface area contributed by atoms with Gasteiger partial charge in [0, 0.05) is 49.5 Å². The average Bonchev–Trinajstić information content (AvgIpc) is 2.85. The number of piperidine rings is 1. The van der Waals surface area contributed by atoms with Gasteiger partial charge in [0.1, 0.15) is 11.4 Å². The van der Waals surface area contributed by atoms with Crippen molar-refractivity contribution in [3.05, 3.63) is 48.8 Å². The van der Waals surface area contributed by atoms with E-state index in [1.165, 1.54) is 0 Å². The lowest BCUT2D eigenvalue weighted by molar-refractivity contribution is -0.125. The van der Waals surface area contributed by atoms with Crippen LogP contribution >= 0.6 is 0 Å². The molecule has 184 valence electrons. The Morgan fingerprint density at radius 1 is 1.09 bits per heavy atom. The van der Waals surface area contributed by atoms with E-state index in [0.717, 1.165) is 41.7 Å². The van der Waals surface area contributed by atoms with Crippen LogP contribution in [0.4, 0.5) is 10.6 Å². The molecule has 1 aliphatic heterocycles. The number of anilines is 1. The predicted octanol–water partition coefficient (Wildman–Crippen LogP) is 3.55. The Morgan fingerprint density at radius 3 is 2.66 bits per heavy atom. The Hall–Kier alpha value is -3.75. The third kappa shape index (κ3) is 6.44. The first-order valence-corrected chi connectivity index (χ1v) is 12.0. The van der Waals surface area contributed by atoms with E-state index in [9.17, 15) is 9.59 Å². The van der Waals surface area contributed by atoms with Gasteiger partial charge in [-0.2, -0.15) is 0 Å². The molecule has 1 unspecified atom stereocenters. The summed E-state index contributed by atoms with van der Waals surface area (Å²) in [6, 6.07) is 11.7. The monoisotopic (exact) mass is 476 g/mol. The van der Waals surface area contributed by atoms with Gasteiger partial charge in [-0.05, 0) is 57.9 Å². The highest BCUT2D eigenvalue weighted by atomic mass is 16.6. The van der Waals surface area contributed by atoms with E-state index in [4.69, 9.17) is 14.7 Å². The van der Waals surface area contributed by atoms with Crippen molar-refractivity contribution in [1.29, 1.82) is 0 Å². The minimum absolute atomic E-state index is 0.0217. The fourth-order valence-corrected chi connectivity index (χ4v) is 4.12. The number of aromatic nitrogens is 3. The van der Waals surface area contributed by atoms with Gasteiger partial charge < -0.3 is 20.3 Å². The highest BCUT2D eigenvalue weighted by Gasteiger charge is 2.28. The normalized spacial score (nSPS) is 16.1. The van der Waals surface area contributed by atoms with Gasteiger partial charge in [-0.25, -0.2) is 14.8 Å². The molecule has 0 bridgehead atoms. The summed E-state index contributed by atoms with van der Waals surface area (Å²) in [6.45, 7) is 7.46. The number of nitrogens with one attached hydrogen (secondary N) is 2. The molecule has 1 aliphatic rings. The van der Waals surface area contributed by atoms with Crippen LogP contribution in [0.5, 0.6) is 0 Å². The molecule has 1 saturated heterocycles. The molecular weight excluding hydrogens is 444 g/mol. The third-order valence-electron chi connectivity index (χ3n) is 5.69. The zero-order chi connectivity index (χ0) is 24.8. The SMILES string of the molecule is CC(C)(C)OC(=O)NCCNC(=O)C1CCCN(c2nc(-c3cccnc3)nc3ccccc23)C1. The van der Waals surface area contributed by atoms with E-state index in [1.54, 1.807) is 12.4 Å². The van der Waals surface area contributed by atoms with E-state index in [1.807, 2.05) is 57.2 Å². The smallest absolute Gasteiger partial charge is 0.407 e. The molecule has 35 heavy (non-hydrogen) atoms. The summed E-state index contributed by atoms with van der Waals surface area (Å²) in [5.74, 6) is 1.26. The summed E-state index contributed by atoms with van der Waals surface area (Å²) in [5, 5.41) is 6.57. The lowest BCUT2D eigenvalue weighted by Crippen LogP contribution is -2.45. The second-order valence-corrected chi connectivity index (χ2v) is 9.63. The van der Waals surface area contributed by atoms with Crippen LogP contribution in [0.1, 0.15) is 33.6 Å². The summed E-state index contributed by atoms with van der Waals surface area (Å²) < 4.78 is 5.22. The average molecular weight is 477 g/mol. The molecule has 0 radical (unpaired) electrons. The van der Waals surface area contributed by atoms with Crippen LogP contribution in [0.15, 0.2) is 48.8 Å². The maximum atomic E-state index is 12.9. The van der Waals surface area contributed by atoms with Crippen LogP contribution in [0.3, 0.4) is 0 Å². The van der Waals surface area contributed by atoms with E-state index < -0.39 is 11.7 Å². The van der Waals surface area contributed by atoms with Gasteiger partial charge in [0.2, 0.25) is 5.91 Å². The van der Waals surface area contributed by atoms with Gasteiger partial charge in [-0.15, -0.1) is 0 Å². The molecule has 1 aromatic carbocycles. The van der Waals surface area contributed by atoms with Crippen molar-refractivity contribution in [1.82, 2.24) is 25.6 Å². The maximum absolute atomic E-state index is 12.9. The van der Waals surface area contributed by atoms with Crippen molar-refractivity contribution in [3.63, 3.8) is 0 Å². The second-order valence-electron chi connectivity index (χ2n) is 9.63. The van der Waals surface area contributed by atoms with Crippen LogP contribution in [0.25, 0.3) is 22.3 Å². The topological polar surface area (TPSA) is 109 Å². The van der Waals surface area contributed by atoms with E-state index in [2.05, 4.69) is 20.5 Å². The van der Waals surface area contributed by atoms with Crippen LogP contribution in [0.2, 0.25) is 0 Å². The summed E-state index contributed by atoms with van der Waals surface area (Å²) in [7, 11) is 0. The lowest BCUT2D eigenvalue weighted by Gasteiger charge is -2.33. The number of benzene rings is 1. The first kappa shape index (κ1) is 24.4. The minimum Gasteiger partial charge on any atom is -0.444 e. The zero-order valence-electron chi connectivity index (χ0n) is 20.5. The highest BCUT2D eigenvalue weighted by molar-refractivity contribution is 5.91. The van der Waals surface area contributed by atoms with Gasteiger partial charge in [0.15, 0.2) is 5.82 Å². The van der Waals surface area contributed by atoms with Gasteiger partial charge >= 0.3 is 6.09 Å². The van der Waals surface area contributed by atoms with Crippen LogP contribution < -0.4 is 15.5 Å². The largest absolute Gasteiger partial charge is 0.444 e. The molecule has 0 saturated carbocycles. The predicted molar refractivity (Wildman–Crippen MR) is 135 cm³/mol. The number of hydrogen-bond donors (Lipinski definition) is 2. The molecule has 2 amide bonds. The van der Waals surface area contributed by atoms with Crippen LogP contribution in [-0.4, -0.2) is 58.7 Å². The molecule has 2 aromatic heterocycles. The molecule has 9 nitrogen and oxygen atoms in total. The number of carbonyl (C=O) groups excluding carboxylic acids is 2. The number of hydrogen-bond acceptors (Lipinski definition) is 7. The van der Waals surface area contributed by atoms with Crippen molar-refractivity contribution >= 4 is 28.7 Å². The molecular formula is C26H32N6O3. The molecule has 9 heteroatoms. The minimum atomic E-state index is -0.555. The van der Waals surface area contributed by atoms with Crippen molar-refractivity contribution in [3.8, 4) is 11.4 Å². The number of alkyl carbamates (subject to hydrolysis) is 1. The molecule has 4 rings (SSSR count). The number of carbonyl (C=O) groups is 2. The van der Waals surface area contributed by atoms with Crippen molar-refractivity contribution in [2.45, 2.75) is 39.2 Å². The number of rotatable bonds is 6.